The first-order valence-electron chi connectivity index (χ1n) is 6.13. The van der Waals surface area contributed by atoms with E-state index in [2.05, 4.69) is 15.1 Å². The van der Waals surface area contributed by atoms with Gasteiger partial charge in [0.1, 0.15) is 0 Å². The number of hydrogen-bond acceptors (Lipinski definition) is 6. The van der Waals surface area contributed by atoms with Crippen LogP contribution in [0.3, 0.4) is 0 Å². The Bertz CT molecular complexity index is 451. The number of nitrogens with zero attached hydrogens (tertiary/aromatic N) is 4. The molecular formula is C11H18N4O3S. The van der Waals surface area contributed by atoms with Crippen molar-refractivity contribution in [1.82, 2.24) is 14.8 Å². The number of aromatic nitrogens is 3. The molecule has 1 aromatic heterocycles. The van der Waals surface area contributed by atoms with Gasteiger partial charge in [-0.25, -0.2) is 0 Å². The van der Waals surface area contributed by atoms with Gasteiger partial charge in [0.15, 0.2) is 5.16 Å². The van der Waals surface area contributed by atoms with Gasteiger partial charge in [0.2, 0.25) is 5.95 Å². The zero-order valence-electron chi connectivity index (χ0n) is 11.1. The van der Waals surface area contributed by atoms with Crippen LogP contribution in [0.2, 0.25) is 0 Å². The molecule has 0 aromatic carbocycles. The third kappa shape index (κ3) is 3.38. The Balaban J connectivity index is 2.06. The Hall–Kier alpha value is -1.28. The lowest BCUT2D eigenvalue weighted by molar-refractivity contribution is -0.133. The van der Waals surface area contributed by atoms with Gasteiger partial charge in [0.25, 0.3) is 0 Å². The molecule has 0 aliphatic carbocycles. The molecule has 0 saturated carbocycles. The Kier molecular flexibility index (Phi) is 4.65. The van der Waals surface area contributed by atoms with Crippen molar-refractivity contribution >= 4 is 23.7 Å². The maximum absolute atomic E-state index is 10.6. The summed E-state index contributed by atoms with van der Waals surface area (Å²) < 4.78 is 7.23. The van der Waals surface area contributed by atoms with E-state index in [0.717, 1.165) is 31.9 Å². The molecule has 8 heteroatoms. The van der Waals surface area contributed by atoms with Crippen LogP contribution >= 0.6 is 11.8 Å². The van der Waals surface area contributed by atoms with Crippen molar-refractivity contribution in [2.45, 2.75) is 24.1 Å². The van der Waals surface area contributed by atoms with Crippen LogP contribution in [0.15, 0.2) is 5.16 Å². The highest BCUT2D eigenvalue weighted by Gasteiger charge is 2.23. The summed E-state index contributed by atoms with van der Waals surface area (Å²) in [4.78, 5) is 12.7. The minimum Gasteiger partial charge on any atom is -0.481 e. The molecule has 1 aromatic rings. The average molecular weight is 286 g/mol. The van der Waals surface area contributed by atoms with E-state index in [4.69, 9.17) is 9.84 Å². The van der Waals surface area contributed by atoms with Gasteiger partial charge in [-0.1, -0.05) is 11.8 Å². The molecule has 1 fully saturated rings. The van der Waals surface area contributed by atoms with Gasteiger partial charge in [-0.15, -0.1) is 10.2 Å². The first kappa shape index (κ1) is 14.1. The summed E-state index contributed by atoms with van der Waals surface area (Å²) in [7, 11) is 3.58. The van der Waals surface area contributed by atoms with Crippen molar-refractivity contribution in [3.8, 4) is 0 Å². The fourth-order valence-electron chi connectivity index (χ4n) is 2.15. The highest BCUT2D eigenvalue weighted by molar-refractivity contribution is 7.99. The van der Waals surface area contributed by atoms with Crippen molar-refractivity contribution < 1.29 is 14.6 Å². The van der Waals surface area contributed by atoms with Crippen LogP contribution in [-0.2, 0) is 16.6 Å². The Morgan fingerprint density at radius 2 is 2.37 bits per heavy atom. The van der Waals surface area contributed by atoms with Gasteiger partial charge in [0, 0.05) is 27.2 Å². The third-order valence-corrected chi connectivity index (χ3v) is 4.14. The summed E-state index contributed by atoms with van der Waals surface area (Å²) in [6.07, 6.45) is 2.34. The van der Waals surface area contributed by atoms with E-state index in [0.29, 0.717) is 5.16 Å². The summed E-state index contributed by atoms with van der Waals surface area (Å²) in [5.74, 6) is -0.0891. The quantitative estimate of drug-likeness (QED) is 0.794. The number of thioether (sulfide) groups is 1. The number of carboxylic acid groups (broad SMARTS) is 1. The number of carboxylic acids is 1. The molecule has 1 unspecified atom stereocenters. The van der Waals surface area contributed by atoms with Gasteiger partial charge in [0.05, 0.1) is 11.9 Å². The van der Waals surface area contributed by atoms with Crippen LogP contribution in [0, 0.1) is 0 Å². The standard InChI is InChI=1S/C11H18N4O3S/c1-14-10(12-13-11(14)19-7-9(16)17)15-5-3-4-8(6-15)18-2/h8H,3-7H2,1-2H3,(H,16,17). The van der Waals surface area contributed by atoms with Gasteiger partial charge >= 0.3 is 5.97 Å². The number of anilines is 1. The van der Waals surface area contributed by atoms with E-state index < -0.39 is 5.97 Å². The number of carbonyl (C=O) groups is 1. The molecule has 7 nitrogen and oxygen atoms in total. The Morgan fingerprint density at radius 1 is 1.58 bits per heavy atom. The van der Waals surface area contributed by atoms with E-state index in [-0.39, 0.29) is 11.9 Å². The highest BCUT2D eigenvalue weighted by Crippen LogP contribution is 2.23. The summed E-state index contributed by atoms with van der Waals surface area (Å²) in [6, 6.07) is 0. The summed E-state index contributed by atoms with van der Waals surface area (Å²) in [5, 5.41) is 17.5. The summed E-state index contributed by atoms with van der Waals surface area (Å²) in [5.41, 5.74) is 0. The number of methoxy groups -OCH3 is 1. The molecule has 0 bridgehead atoms. The summed E-state index contributed by atoms with van der Waals surface area (Å²) >= 11 is 1.18. The minimum absolute atomic E-state index is 0.00727. The topological polar surface area (TPSA) is 80.5 Å². The van der Waals surface area contributed by atoms with E-state index in [1.165, 1.54) is 11.8 Å². The lowest BCUT2D eigenvalue weighted by Crippen LogP contribution is -2.40. The van der Waals surface area contributed by atoms with Crippen LogP contribution in [-0.4, -0.2) is 57.9 Å². The summed E-state index contributed by atoms with van der Waals surface area (Å²) in [6.45, 7) is 1.72. The van der Waals surface area contributed by atoms with Crippen molar-refractivity contribution in [1.29, 1.82) is 0 Å². The number of piperidine rings is 1. The smallest absolute Gasteiger partial charge is 0.313 e. The molecule has 19 heavy (non-hydrogen) atoms. The van der Waals surface area contributed by atoms with Crippen LogP contribution < -0.4 is 4.90 Å². The third-order valence-electron chi connectivity index (χ3n) is 3.13. The average Bonchev–Trinajstić information content (AvgIpc) is 2.78. The van der Waals surface area contributed by atoms with Crippen molar-refractivity contribution in [2.75, 3.05) is 30.9 Å². The fourth-order valence-corrected chi connectivity index (χ4v) is 2.77. The molecule has 0 amide bonds. The fraction of sp³-hybridized carbons (Fsp3) is 0.727. The number of hydrogen-bond donors (Lipinski definition) is 1. The number of aliphatic carboxylic acids is 1. The largest absolute Gasteiger partial charge is 0.481 e. The minimum atomic E-state index is -0.855. The van der Waals surface area contributed by atoms with E-state index in [9.17, 15) is 4.79 Å². The van der Waals surface area contributed by atoms with Gasteiger partial charge in [-0.3, -0.25) is 9.36 Å². The first-order valence-corrected chi connectivity index (χ1v) is 7.12. The highest BCUT2D eigenvalue weighted by atomic mass is 32.2. The van der Waals surface area contributed by atoms with Gasteiger partial charge in [-0.2, -0.15) is 0 Å². The van der Waals surface area contributed by atoms with Crippen molar-refractivity contribution in [3.05, 3.63) is 0 Å². The second kappa shape index (κ2) is 6.25. The second-order valence-electron chi connectivity index (χ2n) is 4.47. The predicted octanol–water partition coefficient (Wildman–Crippen LogP) is 0.607. The van der Waals surface area contributed by atoms with Gasteiger partial charge in [-0.05, 0) is 12.8 Å². The maximum atomic E-state index is 10.6. The van der Waals surface area contributed by atoms with Gasteiger partial charge < -0.3 is 14.7 Å². The normalized spacial score (nSPS) is 19.7. The first-order chi connectivity index (χ1) is 9.11. The van der Waals surface area contributed by atoms with Crippen LogP contribution in [0.25, 0.3) is 0 Å². The Morgan fingerprint density at radius 3 is 3.05 bits per heavy atom. The SMILES string of the molecule is COC1CCCN(c2nnc(SCC(=O)O)n2C)C1. The number of ether oxygens (including phenoxy) is 1. The lowest BCUT2D eigenvalue weighted by Gasteiger charge is -2.32. The monoisotopic (exact) mass is 286 g/mol. The van der Waals surface area contributed by atoms with Crippen LogP contribution in [0.4, 0.5) is 5.95 Å². The molecule has 1 N–H and O–H groups in total. The van der Waals surface area contributed by atoms with Crippen molar-refractivity contribution in [2.24, 2.45) is 7.05 Å². The molecule has 2 rings (SSSR count). The maximum Gasteiger partial charge on any atom is 0.313 e. The van der Waals surface area contributed by atoms with Crippen molar-refractivity contribution in [3.63, 3.8) is 0 Å². The molecular weight excluding hydrogens is 268 g/mol. The molecule has 1 saturated heterocycles. The lowest BCUT2D eigenvalue weighted by atomic mass is 10.1. The van der Waals surface area contributed by atoms with Crippen LogP contribution in [0.5, 0.6) is 0 Å². The van der Waals surface area contributed by atoms with E-state index in [1.54, 1.807) is 7.11 Å². The molecule has 106 valence electrons. The zero-order valence-corrected chi connectivity index (χ0v) is 11.9. The predicted molar refractivity (Wildman–Crippen MR) is 71.6 cm³/mol. The van der Waals surface area contributed by atoms with Crippen LogP contribution in [0.1, 0.15) is 12.8 Å². The van der Waals surface area contributed by atoms with E-state index >= 15 is 0 Å². The molecule has 1 aliphatic heterocycles. The number of rotatable bonds is 5. The van der Waals surface area contributed by atoms with E-state index in [1.807, 2.05) is 11.6 Å². The second-order valence-corrected chi connectivity index (χ2v) is 5.41. The molecule has 0 spiro atoms. The molecule has 1 aliphatic rings. The Labute approximate surface area is 115 Å². The zero-order chi connectivity index (χ0) is 13.8. The molecule has 1 atom stereocenters. The molecule has 0 radical (unpaired) electrons. The molecule has 2 heterocycles.